The molecule has 1 aliphatic carbocycles. The lowest BCUT2D eigenvalue weighted by Gasteiger charge is -2.53. The van der Waals surface area contributed by atoms with E-state index in [4.69, 9.17) is 5.73 Å². The topological polar surface area (TPSA) is 26.0 Å². The van der Waals surface area contributed by atoms with Gasteiger partial charge in [0.25, 0.3) is 0 Å². The van der Waals surface area contributed by atoms with E-state index < -0.39 is 0 Å². The molecule has 1 fully saturated rings. The van der Waals surface area contributed by atoms with Crippen LogP contribution in [-0.4, -0.2) is 16.5 Å². The van der Waals surface area contributed by atoms with Gasteiger partial charge in [0.05, 0.1) is 0 Å². The summed E-state index contributed by atoms with van der Waals surface area (Å²) in [5.74, 6) is 0.873. The zero-order valence-corrected chi connectivity index (χ0v) is 11.8. The van der Waals surface area contributed by atoms with Crippen LogP contribution >= 0.6 is 11.8 Å². The predicted octanol–water partition coefficient (Wildman–Crippen LogP) is 3.67. The Morgan fingerprint density at radius 2 is 1.93 bits per heavy atom. The summed E-state index contributed by atoms with van der Waals surface area (Å²) in [5.41, 5.74) is 6.42. The second-order valence-electron chi connectivity index (χ2n) is 6.20. The highest BCUT2D eigenvalue weighted by Gasteiger charge is 2.48. The predicted molar refractivity (Wildman–Crippen MR) is 71.3 cm³/mol. The van der Waals surface area contributed by atoms with Crippen LogP contribution in [0, 0.1) is 11.3 Å². The summed E-state index contributed by atoms with van der Waals surface area (Å²) in [6.45, 7) is 12.5. The first-order chi connectivity index (χ1) is 6.83. The minimum absolute atomic E-state index is 0.410. The standard InChI is InChI=1S/C13H27NS/c1-6-10(2)15-13(9-14)7-11(8-13)12(3,4)5/h10-11H,6-9,14H2,1-5H3. The number of hydrogen-bond acceptors (Lipinski definition) is 2. The Bertz CT molecular complexity index is 201. The lowest BCUT2D eigenvalue weighted by Crippen LogP contribution is -2.51. The second kappa shape index (κ2) is 4.67. The molecule has 2 heteroatoms. The van der Waals surface area contributed by atoms with Crippen LogP contribution in [0.5, 0.6) is 0 Å². The summed E-state index contributed by atoms with van der Waals surface area (Å²) >= 11 is 2.13. The molecule has 1 rings (SSSR count). The highest BCUT2D eigenvalue weighted by Crippen LogP contribution is 2.55. The van der Waals surface area contributed by atoms with Crippen molar-refractivity contribution in [2.75, 3.05) is 6.54 Å². The summed E-state index contributed by atoms with van der Waals surface area (Å²) < 4.78 is 0.410. The third kappa shape index (κ3) is 3.13. The molecular formula is C13H27NS. The summed E-state index contributed by atoms with van der Waals surface area (Å²) in [4.78, 5) is 0. The smallest absolute Gasteiger partial charge is 0.0290 e. The molecule has 0 aliphatic heterocycles. The fourth-order valence-corrected chi connectivity index (χ4v) is 3.98. The quantitative estimate of drug-likeness (QED) is 0.796. The van der Waals surface area contributed by atoms with Crippen molar-refractivity contribution in [1.82, 2.24) is 0 Å². The third-order valence-electron chi connectivity index (χ3n) is 3.86. The summed E-state index contributed by atoms with van der Waals surface area (Å²) in [5, 5.41) is 0.759. The van der Waals surface area contributed by atoms with Gasteiger partial charge in [-0.25, -0.2) is 0 Å². The molecular weight excluding hydrogens is 202 g/mol. The van der Waals surface area contributed by atoms with Crippen LogP contribution in [0.3, 0.4) is 0 Å². The molecule has 0 amide bonds. The largest absolute Gasteiger partial charge is 0.329 e. The summed E-state index contributed by atoms with van der Waals surface area (Å²) in [6, 6.07) is 0. The first-order valence-electron chi connectivity index (χ1n) is 6.21. The Morgan fingerprint density at radius 3 is 2.27 bits per heavy atom. The van der Waals surface area contributed by atoms with Gasteiger partial charge in [0.15, 0.2) is 0 Å². The fraction of sp³-hybridized carbons (Fsp3) is 1.00. The average molecular weight is 229 g/mol. The molecule has 0 aromatic carbocycles. The van der Waals surface area contributed by atoms with Crippen LogP contribution < -0.4 is 5.73 Å². The molecule has 2 N–H and O–H groups in total. The zero-order chi connectivity index (χ0) is 11.7. The van der Waals surface area contributed by atoms with E-state index in [-0.39, 0.29) is 0 Å². The van der Waals surface area contributed by atoms with E-state index in [1.54, 1.807) is 0 Å². The van der Waals surface area contributed by atoms with Gasteiger partial charge in [0.2, 0.25) is 0 Å². The van der Waals surface area contributed by atoms with Crippen molar-refractivity contribution in [3.8, 4) is 0 Å². The lowest BCUT2D eigenvalue weighted by atomic mass is 9.62. The lowest BCUT2D eigenvalue weighted by molar-refractivity contribution is 0.101. The molecule has 0 aromatic rings. The van der Waals surface area contributed by atoms with E-state index >= 15 is 0 Å². The molecule has 1 saturated carbocycles. The highest BCUT2D eigenvalue weighted by atomic mass is 32.2. The Hall–Kier alpha value is 0.310. The summed E-state index contributed by atoms with van der Waals surface area (Å²) in [7, 11) is 0. The Kier molecular flexibility index (Phi) is 4.16. The fourth-order valence-electron chi connectivity index (χ4n) is 2.27. The molecule has 15 heavy (non-hydrogen) atoms. The molecule has 0 bridgehead atoms. The van der Waals surface area contributed by atoms with Gasteiger partial charge in [-0.05, 0) is 30.6 Å². The number of rotatable bonds is 4. The molecule has 1 unspecified atom stereocenters. The maximum atomic E-state index is 5.96. The van der Waals surface area contributed by atoms with Gasteiger partial charge in [-0.1, -0.05) is 34.6 Å². The van der Waals surface area contributed by atoms with Gasteiger partial charge < -0.3 is 5.73 Å². The number of thioether (sulfide) groups is 1. The van der Waals surface area contributed by atoms with E-state index in [2.05, 4.69) is 46.4 Å². The van der Waals surface area contributed by atoms with E-state index in [1.807, 2.05) is 0 Å². The van der Waals surface area contributed by atoms with Gasteiger partial charge >= 0.3 is 0 Å². The van der Waals surface area contributed by atoms with E-state index in [0.717, 1.165) is 17.7 Å². The number of nitrogens with two attached hydrogens (primary N) is 1. The van der Waals surface area contributed by atoms with Gasteiger partial charge in [-0.2, -0.15) is 11.8 Å². The van der Waals surface area contributed by atoms with Crippen LogP contribution in [-0.2, 0) is 0 Å². The van der Waals surface area contributed by atoms with Crippen LogP contribution in [0.2, 0.25) is 0 Å². The van der Waals surface area contributed by atoms with Crippen molar-refractivity contribution in [1.29, 1.82) is 0 Å². The van der Waals surface area contributed by atoms with Gasteiger partial charge in [-0.3, -0.25) is 0 Å². The molecule has 1 aliphatic rings. The van der Waals surface area contributed by atoms with Gasteiger partial charge in [0.1, 0.15) is 0 Å². The maximum Gasteiger partial charge on any atom is 0.0290 e. The second-order valence-corrected chi connectivity index (χ2v) is 8.10. The van der Waals surface area contributed by atoms with Crippen molar-refractivity contribution in [2.45, 2.75) is 63.9 Å². The number of hydrogen-bond donors (Lipinski definition) is 1. The normalized spacial score (nSPS) is 33.6. The molecule has 0 spiro atoms. The van der Waals surface area contributed by atoms with Crippen molar-refractivity contribution in [3.63, 3.8) is 0 Å². The van der Waals surface area contributed by atoms with Crippen LogP contribution in [0.15, 0.2) is 0 Å². The molecule has 90 valence electrons. The first-order valence-corrected chi connectivity index (χ1v) is 7.09. The van der Waals surface area contributed by atoms with Gasteiger partial charge in [0, 0.05) is 16.5 Å². The van der Waals surface area contributed by atoms with Crippen molar-refractivity contribution < 1.29 is 0 Å². The highest BCUT2D eigenvalue weighted by molar-refractivity contribution is 8.01. The molecule has 0 radical (unpaired) electrons. The van der Waals surface area contributed by atoms with E-state index in [9.17, 15) is 0 Å². The average Bonchev–Trinajstić information content (AvgIpc) is 2.08. The Labute approximate surface area is 99.6 Å². The van der Waals surface area contributed by atoms with Crippen molar-refractivity contribution in [2.24, 2.45) is 17.1 Å². The van der Waals surface area contributed by atoms with Crippen molar-refractivity contribution >= 4 is 11.8 Å². The minimum atomic E-state index is 0.410. The Morgan fingerprint density at radius 1 is 1.40 bits per heavy atom. The van der Waals surface area contributed by atoms with E-state index in [1.165, 1.54) is 19.3 Å². The van der Waals surface area contributed by atoms with Crippen LogP contribution in [0.1, 0.15) is 53.9 Å². The third-order valence-corrected chi connectivity index (χ3v) is 5.60. The monoisotopic (exact) mass is 229 g/mol. The van der Waals surface area contributed by atoms with Crippen LogP contribution in [0.25, 0.3) is 0 Å². The molecule has 1 atom stereocenters. The zero-order valence-electron chi connectivity index (χ0n) is 11.0. The first kappa shape index (κ1) is 13.4. The van der Waals surface area contributed by atoms with Crippen molar-refractivity contribution in [3.05, 3.63) is 0 Å². The van der Waals surface area contributed by atoms with E-state index in [0.29, 0.717) is 10.2 Å². The molecule has 0 heterocycles. The molecule has 1 nitrogen and oxygen atoms in total. The Balaban J connectivity index is 2.48. The minimum Gasteiger partial charge on any atom is -0.329 e. The SMILES string of the molecule is CCC(C)SC1(CN)CC(C(C)(C)C)C1. The summed E-state index contributed by atoms with van der Waals surface area (Å²) in [6.07, 6.45) is 3.90. The molecule has 0 saturated heterocycles. The maximum absolute atomic E-state index is 5.96. The molecule has 0 aromatic heterocycles. The van der Waals surface area contributed by atoms with Crippen LogP contribution in [0.4, 0.5) is 0 Å². The van der Waals surface area contributed by atoms with Gasteiger partial charge in [-0.15, -0.1) is 0 Å².